The summed E-state index contributed by atoms with van der Waals surface area (Å²) >= 11 is 0. The van der Waals surface area contributed by atoms with Gasteiger partial charge in [0.1, 0.15) is 11.5 Å². The van der Waals surface area contributed by atoms with Crippen molar-refractivity contribution in [2.24, 2.45) is 5.84 Å². The lowest BCUT2D eigenvalue weighted by Crippen LogP contribution is -2.20. The number of ether oxygens (including phenoxy) is 3. The monoisotopic (exact) mass is 750 g/mol. The second kappa shape index (κ2) is 23.4. The van der Waals surface area contributed by atoms with Crippen molar-refractivity contribution in [1.29, 1.82) is 0 Å². The Morgan fingerprint density at radius 2 is 1.31 bits per heavy atom. The van der Waals surface area contributed by atoms with E-state index in [0.717, 1.165) is 49.8 Å². The summed E-state index contributed by atoms with van der Waals surface area (Å²) in [5.74, 6) is 5.41. The molecule has 0 unspecified atom stereocenters. The SMILES string of the molecule is C.CC.CC.CCOC(=O)C(=O)c1c[nH]c2ccccc12.COc1ccc(CNN)cc1.COc1ccc(Cn2cc3c(n2)c(=O)[nH]c2ccccc23)cc1. The highest BCUT2D eigenvalue weighted by atomic mass is 16.5. The third-order valence-corrected chi connectivity index (χ3v) is 7.71. The lowest BCUT2D eigenvalue weighted by atomic mass is 10.1. The molecule has 4 aromatic carbocycles. The van der Waals surface area contributed by atoms with Gasteiger partial charge in [-0.2, -0.15) is 5.10 Å². The van der Waals surface area contributed by atoms with Gasteiger partial charge >= 0.3 is 5.97 Å². The molecule has 0 spiro atoms. The minimum absolute atomic E-state index is 0. The van der Waals surface area contributed by atoms with Gasteiger partial charge in [-0.1, -0.05) is 95.8 Å². The third-order valence-electron chi connectivity index (χ3n) is 7.71. The van der Waals surface area contributed by atoms with E-state index in [4.69, 9.17) is 15.3 Å². The van der Waals surface area contributed by atoms with E-state index in [0.29, 0.717) is 24.2 Å². The summed E-state index contributed by atoms with van der Waals surface area (Å²) in [4.78, 5) is 41.0. The molecule has 12 heteroatoms. The van der Waals surface area contributed by atoms with Crippen molar-refractivity contribution in [3.05, 3.63) is 136 Å². The molecule has 7 aromatic rings. The van der Waals surface area contributed by atoms with Crippen molar-refractivity contribution >= 4 is 44.5 Å². The number of Topliss-reactive ketones (excluding diaryl/α,β-unsaturated/α-hetero) is 1. The van der Waals surface area contributed by atoms with Crippen LogP contribution >= 0.6 is 0 Å². The second-order valence-corrected chi connectivity index (χ2v) is 11.0. The van der Waals surface area contributed by atoms with Crippen LogP contribution in [0.1, 0.15) is 63.5 Å². The number of hydrogen-bond acceptors (Lipinski definition) is 9. The van der Waals surface area contributed by atoms with Crippen molar-refractivity contribution in [2.45, 2.75) is 55.1 Å². The first kappa shape index (κ1) is 44.9. The molecule has 0 aliphatic heterocycles. The Morgan fingerprint density at radius 3 is 1.87 bits per heavy atom. The van der Waals surface area contributed by atoms with Crippen LogP contribution in [0.4, 0.5) is 0 Å². The summed E-state index contributed by atoms with van der Waals surface area (Å²) in [7, 11) is 3.29. The Kier molecular flexibility index (Phi) is 19.1. The number of ketones is 1. The molecule has 0 bridgehead atoms. The number of methoxy groups -OCH3 is 2. The Balaban J connectivity index is 0.000000287. The number of H-pyrrole nitrogens is 2. The molecule has 3 aromatic heterocycles. The highest BCUT2D eigenvalue weighted by molar-refractivity contribution is 6.43. The lowest BCUT2D eigenvalue weighted by molar-refractivity contribution is -0.137. The van der Waals surface area contributed by atoms with Crippen LogP contribution in [-0.4, -0.2) is 52.3 Å². The minimum atomic E-state index is -0.813. The molecular formula is C43H54N6O6. The maximum atomic E-state index is 12.2. The lowest BCUT2D eigenvalue weighted by Gasteiger charge is -2.03. The molecule has 55 heavy (non-hydrogen) atoms. The molecular weight excluding hydrogens is 697 g/mol. The number of pyridine rings is 1. The molecule has 0 aliphatic rings. The molecule has 0 amide bonds. The average Bonchev–Trinajstić information content (AvgIpc) is 3.86. The third kappa shape index (κ3) is 12.1. The predicted molar refractivity (Wildman–Crippen MR) is 223 cm³/mol. The van der Waals surface area contributed by atoms with Crippen LogP contribution in [0.15, 0.2) is 114 Å². The predicted octanol–water partition coefficient (Wildman–Crippen LogP) is 8.20. The standard InChI is InChI=1S/C18H15N3O2.C12H11NO3.C8H12N2O.2C2H6.CH4/c1-23-13-8-6-12(7-9-13)10-21-11-15-14-4-2-3-5-16(14)19-18(22)17(15)20-21;1-2-16-12(15)11(14)9-7-13-10-6-4-3-5-8(9)10;1-11-8-4-2-7(3-5-8)6-10-9;2*1-2;/h2-9,11H,10H2,1H3,(H,19,22);3-7,13H,2H2,1H3;2-5,10H,6,9H2,1H3;2*1-2H3;1H4. The van der Waals surface area contributed by atoms with Crippen LogP contribution in [0, 0.1) is 0 Å². The van der Waals surface area contributed by atoms with E-state index in [1.807, 2.05) is 125 Å². The van der Waals surface area contributed by atoms with Crippen LogP contribution in [0.2, 0.25) is 0 Å². The molecule has 0 saturated heterocycles. The van der Waals surface area contributed by atoms with Crippen molar-refractivity contribution < 1.29 is 23.8 Å². The zero-order valence-corrected chi connectivity index (χ0v) is 31.9. The number of carbonyl (C=O) groups excluding carboxylic acids is 2. The molecule has 292 valence electrons. The summed E-state index contributed by atoms with van der Waals surface area (Å²) in [6.07, 6.45) is 3.46. The van der Waals surface area contributed by atoms with Crippen molar-refractivity contribution in [1.82, 2.24) is 25.2 Å². The zero-order valence-electron chi connectivity index (χ0n) is 31.9. The molecule has 0 fully saturated rings. The summed E-state index contributed by atoms with van der Waals surface area (Å²) in [6.45, 7) is 11.2. The first-order valence-corrected chi connectivity index (χ1v) is 17.8. The number of benzene rings is 4. The number of nitrogens with zero attached hydrogens (tertiary/aromatic N) is 2. The largest absolute Gasteiger partial charge is 0.497 e. The van der Waals surface area contributed by atoms with Gasteiger partial charge in [0.25, 0.3) is 11.3 Å². The fourth-order valence-electron chi connectivity index (χ4n) is 5.22. The zero-order chi connectivity index (χ0) is 39.5. The number of carbonyl (C=O) groups is 2. The first-order chi connectivity index (χ1) is 26.3. The molecule has 0 radical (unpaired) electrons. The van der Waals surface area contributed by atoms with E-state index in [-0.39, 0.29) is 19.6 Å². The van der Waals surface area contributed by atoms with E-state index in [1.165, 1.54) is 6.20 Å². The number of aromatic amines is 2. The van der Waals surface area contributed by atoms with Gasteiger partial charge in [0.2, 0.25) is 0 Å². The molecule has 5 N–H and O–H groups in total. The topological polar surface area (TPSA) is 166 Å². The van der Waals surface area contributed by atoms with E-state index in [1.54, 1.807) is 31.9 Å². The number of esters is 1. The number of rotatable bonds is 9. The Bertz CT molecular complexity index is 2260. The van der Waals surface area contributed by atoms with Gasteiger partial charge in [0, 0.05) is 46.1 Å². The van der Waals surface area contributed by atoms with E-state index in [2.05, 4.69) is 25.2 Å². The number of hydrazine groups is 1. The number of nitrogens with one attached hydrogen (secondary N) is 3. The number of hydrogen-bond donors (Lipinski definition) is 4. The molecule has 7 rings (SSSR count). The second-order valence-electron chi connectivity index (χ2n) is 11.0. The number of nitrogens with two attached hydrogens (primary N) is 1. The average molecular weight is 751 g/mol. The van der Waals surface area contributed by atoms with Crippen LogP contribution in [0.3, 0.4) is 0 Å². The maximum Gasteiger partial charge on any atom is 0.379 e. The highest BCUT2D eigenvalue weighted by Gasteiger charge is 2.20. The summed E-state index contributed by atoms with van der Waals surface area (Å²) < 4.78 is 16.6. The summed E-state index contributed by atoms with van der Waals surface area (Å²) in [5, 5.41) is 7.05. The summed E-state index contributed by atoms with van der Waals surface area (Å²) in [5.41, 5.74) is 7.15. The van der Waals surface area contributed by atoms with Gasteiger partial charge in [-0.05, 0) is 54.4 Å². The quantitative estimate of drug-likeness (QED) is 0.0374. The van der Waals surface area contributed by atoms with Crippen molar-refractivity contribution in [2.75, 3.05) is 20.8 Å². The Labute approximate surface area is 322 Å². The van der Waals surface area contributed by atoms with Gasteiger partial charge in [-0.3, -0.25) is 25.5 Å². The first-order valence-electron chi connectivity index (χ1n) is 17.8. The molecule has 0 atom stereocenters. The van der Waals surface area contributed by atoms with Crippen LogP contribution < -0.4 is 26.3 Å². The van der Waals surface area contributed by atoms with Crippen molar-refractivity contribution in [3.8, 4) is 11.5 Å². The van der Waals surface area contributed by atoms with Crippen LogP contribution in [0.25, 0.3) is 32.7 Å². The normalized spacial score (nSPS) is 9.82. The molecule has 0 aliphatic carbocycles. The number of aromatic nitrogens is 4. The van der Waals surface area contributed by atoms with Crippen LogP contribution in [-0.2, 0) is 22.6 Å². The molecule has 3 heterocycles. The number of para-hydroxylation sites is 2. The summed E-state index contributed by atoms with van der Waals surface area (Å²) in [6, 6.07) is 30.7. The van der Waals surface area contributed by atoms with Gasteiger partial charge in [0.15, 0.2) is 5.52 Å². The van der Waals surface area contributed by atoms with E-state index >= 15 is 0 Å². The van der Waals surface area contributed by atoms with E-state index in [9.17, 15) is 14.4 Å². The molecule has 0 saturated carbocycles. The maximum absolute atomic E-state index is 12.2. The van der Waals surface area contributed by atoms with Crippen LogP contribution in [0.5, 0.6) is 11.5 Å². The fourth-order valence-corrected chi connectivity index (χ4v) is 5.22. The van der Waals surface area contributed by atoms with Crippen molar-refractivity contribution in [3.63, 3.8) is 0 Å². The number of fused-ring (bicyclic) bond motifs is 4. The van der Waals surface area contributed by atoms with Gasteiger partial charge in [0.05, 0.1) is 32.9 Å². The highest BCUT2D eigenvalue weighted by Crippen LogP contribution is 2.21. The Hall–Kier alpha value is -6.24. The minimum Gasteiger partial charge on any atom is -0.497 e. The van der Waals surface area contributed by atoms with Gasteiger partial charge in [-0.15, -0.1) is 0 Å². The fraction of sp³-hybridized carbons (Fsp3) is 0.256. The van der Waals surface area contributed by atoms with Gasteiger partial charge in [-0.25, -0.2) is 4.79 Å². The van der Waals surface area contributed by atoms with Gasteiger partial charge < -0.3 is 24.2 Å². The molecule has 12 nitrogen and oxygen atoms in total. The smallest absolute Gasteiger partial charge is 0.379 e. The van der Waals surface area contributed by atoms with E-state index < -0.39 is 11.8 Å². The Morgan fingerprint density at radius 1 is 0.764 bits per heavy atom.